The fraction of sp³-hybridized carbons (Fsp3) is 0.125. The Morgan fingerprint density at radius 3 is 2.74 bits per heavy atom. The Kier molecular flexibility index (Phi) is 4.28. The lowest BCUT2D eigenvalue weighted by atomic mass is 10.1. The Morgan fingerprint density at radius 1 is 1.30 bits per heavy atom. The van der Waals surface area contributed by atoms with Gasteiger partial charge in [-0.25, -0.2) is 9.18 Å². The number of hydrogen-bond donors (Lipinski definition) is 1. The first-order valence-corrected chi connectivity index (χ1v) is 8.12. The Labute approximate surface area is 140 Å². The molecule has 7 heteroatoms. The van der Waals surface area contributed by atoms with Crippen LogP contribution in [0.3, 0.4) is 0 Å². The lowest BCUT2D eigenvalue weighted by Crippen LogP contribution is -2.28. The molecule has 1 aliphatic rings. The molecule has 1 atom stereocenters. The van der Waals surface area contributed by atoms with Crippen LogP contribution >= 0.6 is 23.4 Å². The molecule has 118 valence electrons. The molecule has 0 unspecified atom stereocenters. The van der Waals surface area contributed by atoms with Gasteiger partial charge in [0.25, 0.3) is 0 Å². The van der Waals surface area contributed by atoms with E-state index in [1.807, 2.05) is 0 Å². The molecule has 2 aromatic rings. The van der Waals surface area contributed by atoms with Crippen LogP contribution in [0.1, 0.15) is 21.3 Å². The largest absolute Gasteiger partial charge is 0.478 e. The molecule has 0 bridgehead atoms. The number of thioether (sulfide) groups is 1. The zero-order valence-electron chi connectivity index (χ0n) is 11.7. The zero-order valence-corrected chi connectivity index (χ0v) is 13.3. The Morgan fingerprint density at radius 2 is 2.04 bits per heavy atom. The lowest BCUT2D eigenvalue weighted by molar-refractivity contribution is -0.115. The summed E-state index contributed by atoms with van der Waals surface area (Å²) in [5.41, 5.74) is 0.695. The van der Waals surface area contributed by atoms with Crippen molar-refractivity contribution in [2.45, 2.75) is 5.37 Å². The number of amides is 1. The molecule has 0 aromatic heterocycles. The van der Waals surface area contributed by atoms with Crippen LogP contribution in [0.15, 0.2) is 42.5 Å². The predicted octanol–water partition coefficient (Wildman–Crippen LogP) is 3.96. The van der Waals surface area contributed by atoms with Crippen molar-refractivity contribution < 1.29 is 19.1 Å². The number of rotatable bonds is 3. The number of carbonyl (C=O) groups excluding carboxylic acids is 1. The van der Waals surface area contributed by atoms with Gasteiger partial charge in [-0.05, 0) is 30.3 Å². The first-order valence-electron chi connectivity index (χ1n) is 6.70. The van der Waals surface area contributed by atoms with Gasteiger partial charge in [-0.15, -0.1) is 11.8 Å². The molecule has 23 heavy (non-hydrogen) atoms. The number of carboxylic acids is 1. The van der Waals surface area contributed by atoms with Crippen LogP contribution in [0.2, 0.25) is 5.02 Å². The molecule has 2 aromatic carbocycles. The van der Waals surface area contributed by atoms with E-state index >= 15 is 0 Å². The summed E-state index contributed by atoms with van der Waals surface area (Å²) in [5, 5.41) is 8.71. The van der Waals surface area contributed by atoms with E-state index in [1.54, 1.807) is 18.2 Å². The van der Waals surface area contributed by atoms with Crippen molar-refractivity contribution in [3.05, 3.63) is 64.4 Å². The first kappa shape index (κ1) is 15.8. The molecule has 0 saturated carbocycles. The van der Waals surface area contributed by atoms with E-state index in [9.17, 15) is 14.0 Å². The number of halogens is 2. The van der Waals surface area contributed by atoms with E-state index in [-0.39, 0.29) is 27.8 Å². The van der Waals surface area contributed by atoms with Crippen LogP contribution in [0.25, 0.3) is 0 Å². The Balaban J connectivity index is 2.07. The Bertz CT molecular complexity index is 778. The third-order valence-electron chi connectivity index (χ3n) is 3.49. The first-order chi connectivity index (χ1) is 11.0. The number of aromatic carboxylic acids is 1. The summed E-state index contributed by atoms with van der Waals surface area (Å²) in [5.74, 6) is -1.63. The highest BCUT2D eigenvalue weighted by Crippen LogP contribution is 2.45. The van der Waals surface area contributed by atoms with Gasteiger partial charge in [0, 0.05) is 16.3 Å². The highest BCUT2D eigenvalue weighted by atomic mass is 35.5. The molecule has 3 rings (SSSR count). The second-order valence-corrected chi connectivity index (χ2v) is 6.39. The zero-order chi connectivity index (χ0) is 16.6. The van der Waals surface area contributed by atoms with Crippen molar-refractivity contribution in [3.63, 3.8) is 0 Å². The molecule has 0 aliphatic carbocycles. The lowest BCUT2D eigenvalue weighted by Gasteiger charge is -2.25. The van der Waals surface area contributed by atoms with Crippen LogP contribution in [0.4, 0.5) is 10.1 Å². The van der Waals surface area contributed by atoms with Gasteiger partial charge in [-0.2, -0.15) is 0 Å². The summed E-state index contributed by atoms with van der Waals surface area (Å²) in [6, 6.07) is 10.4. The number of nitrogens with zero attached hydrogens (tertiary/aromatic N) is 1. The van der Waals surface area contributed by atoms with Crippen molar-refractivity contribution in [1.82, 2.24) is 0 Å². The molecule has 1 N–H and O–H groups in total. The van der Waals surface area contributed by atoms with Crippen LogP contribution in [-0.4, -0.2) is 22.7 Å². The van der Waals surface area contributed by atoms with Gasteiger partial charge in [0.05, 0.1) is 11.3 Å². The summed E-state index contributed by atoms with van der Waals surface area (Å²) >= 11 is 7.36. The summed E-state index contributed by atoms with van der Waals surface area (Å²) in [4.78, 5) is 24.8. The van der Waals surface area contributed by atoms with Gasteiger partial charge in [0.15, 0.2) is 0 Å². The minimum Gasteiger partial charge on any atom is -0.478 e. The minimum atomic E-state index is -1.09. The van der Waals surface area contributed by atoms with Gasteiger partial charge in [0.1, 0.15) is 11.2 Å². The van der Waals surface area contributed by atoms with E-state index in [1.165, 1.54) is 40.9 Å². The topological polar surface area (TPSA) is 57.6 Å². The highest BCUT2D eigenvalue weighted by Gasteiger charge is 2.37. The molecule has 1 amide bonds. The summed E-state index contributed by atoms with van der Waals surface area (Å²) in [6.45, 7) is 0. The molecule has 0 radical (unpaired) electrons. The third-order valence-corrected chi connectivity index (χ3v) is 4.99. The van der Waals surface area contributed by atoms with Crippen LogP contribution in [0, 0.1) is 5.82 Å². The van der Waals surface area contributed by atoms with E-state index in [2.05, 4.69) is 0 Å². The molecule has 1 saturated heterocycles. The maximum Gasteiger partial charge on any atom is 0.335 e. The predicted molar refractivity (Wildman–Crippen MR) is 87.5 cm³/mol. The van der Waals surface area contributed by atoms with Gasteiger partial charge in [-0.1, -0.05) is 23.7 Å². The van der Waals surface area contributed by atoms with E-state index in [4.69, 9.17) is 16.7 Å². The van der Waals surface area contributed by atoms with Crippen LogP contribution in [0.5, 0.6) is 0 Å². The molecular formula is C16H11ClFNO3S. The van der Waals surface area contributed by atoms with Gasteiger partial charge >= 0.3 is 5.97 Å². The standard InChI is InChI=1S/C16H11ClFNO3S/c17-11-5-2-6-12(18)14(11)15-19(13(20)8-23-15)10-4-1-3-9(7-10)16(21)22/h1-7,15H,8H2,(H,21,22)/t15-/m0/s1. The summed E-state index contributed by atoms with van der Waals surface area (Å²) in [6.07, 6.45) is 0. The maximum atomic E-state index is 14.2. The number of benzene rings is 2. The molecule has 4 nitrogen and oxygen atoms in total. The number of carboxylic acid groups (broad SMARTS) is 1. The van der Waals surface area contributed by atoms with E-state index < -0.39 is 17.2 Å². The number of carbonyl (C=O) groups is 2. The summed E-state index contributed by atoms with van der Waals surface area (Å²) in [7, 11) is 0. The molecule has 1 heterocycles. The second-order valence-electron chi connectivity index (χ2n) is 4.92. The minimum absolute atomic E-state index is 0.0607. The van der Waals surface area contributed by atoms with Crippen molar-refractivity contribution in [1.29, 1.82) is 0 Å². The molecule has 1 aliphatic heterocycles. The van der Waals surface area contributed by atoms with E-state index in [0.29, 0.717) is 5.69 Å². The van der Waals surface area contributed by atoms with Crippen LogP contribution < -0.4 is 4.90 Å². The van der Waals surface area contributed by atoms with Crippen molar-refractivity contribution in [2.24, 2.45) is 0 Å². The average Bonchev–Trinajstić information content (AvgIpc) is 2.89. The van der Waals surface area contributed by atoms with Gasteiger partial charge < -0.3 is 5.11 Å². The Hall–Kier alpha value is -2.05. The molecule has 0 spiro atoms. The monoisotopic (exact) mass is 351 g/mol. The fourth-order valence-corrected chi connectivity index (χ4v) is 4.02. The summed E-state index contributed by atoms with van der Waals surface area (Å²) < 4.78 is 14.2. The number of hydrogen-bond acceptors (Lipinski definition) is 3. The SMILES string of the molecule is O=C(O)c1cccc(N2C(=O)CS[C@H]2c2c(F)cccc2Cl)c1. The normalized spacial score (nSPS) is 17.6. The van der Waals surface area contributed by atoms with Gasteiger partial charge in [0.2, 0.25) is 5.91 Å². The van der Waals surface area contributed by atoms with Crippen molar-refractivity contribution in [3.8, 4) is 0 Å². The number of anilines is 1. The van der Waals surface area contributed by atoms with Crippen molar-refractivity contribution >= 4 is 40.9 Å². The van der Waals surface area contributed by atoms with Crippen LogP contribution in [-0.2, 0) is 4.79 Å². The highest BCUT2D eigenvalue weighted by molar-refractivity contribution is 8.00. The van der Waals surface area contributed by atoms with E-state index in [0.717, 1.165) is 0 Å². The third kappa shape index (κ3) is 2.92. The fourth-order valence-electron chi connectivity index (χ4n) is 2.45. The smallest absolute Gasteiger partial charge is 0.335 e. The average molecular weight is 352 g/mol. The maximum absolute atomic E-state index is 14.2. The molecule has 1 fully saturated rings. The quantitative estimate of drug-likeness (QED) is 0.909. The molecular weight excluding hydrogens is 341 g/mol. The van der Waals surface area contributed by atoms with Crippen molar-refractivity contribution in [2.75, 3.05) is 10.7 Å². The second kappa shape index (κ2) is 6.22. The van der Waals surface area contributed by atoms with Gasteiger partial charge in [-0.3, -0.25) is 9.69 Å².